The lowest BCUT2D eigenvalue weighted by Gasteiger charge is -2.28. The van der Waals surface area contributed by atoms with E-state index in [1.54, 1.807) is 48.0 Å². The number of esters is 1. The minimum absolute atomic E-state index is 0.0395. The molecule has 0 spiro atoms. The Labute approximate surface area is 207 Å². The fourth-order valence-electron chi connectivity index (χ4n) is 3.89. The van der Waals surface area contributed by atoms with Crippen LogP contribution in [0.2, 0.25) is 5.02 Å². The van der Waals surface area contributed by atoms with Crippen LogP contribution in [-0.4, -0.2) is 45.0 Å². The molecule has 0 fully saturated rings. The first-order chi connectivity index (χ1) is 16.9. The van der Waals surface area contributed by atoms with Crippen molar-refractivity contribution in [2.24, 2.45) is 0 Å². The van der Waals surface area contributed by atoms with Crippen molar-refractivity contribution in [2.45, 2.75) is 32.7 Å². The summed E-state index contributed by atoms with van der Waals surface area (Å²) in [6.45, 7) is 3.88. The van der Waals surface area contributed by atoms with E-state index >= 15 is 0 Å². The molecule has 2 heterocycles. The van der Waals surface area contributed by atoms with Crippen molar-refractivity contribution in [3.63, 3.8) is 0 Å². The van der Waals surface area contributed by atoms with Gasteiger partial charge in [0.2, 0.25) is 5.95 Å². The molecule has 1 aliphatic heterocycles. The van der Waals surface area contributed by atoms with Crippen molar-refractivity contribution in [3.05, 3.63) is 81.8 Å². The van der Waals surface area contributed by atoms with E-state index in [-0.39, 0.29) is 19.1 Å². The summed E-state index contributed by atoms with van der Waals surface area (Å²) in [4.78, 5) is 30.0. The van der Waals surface area contributed by atoms with Crippen LogP contribution < -0.4 is 10.6 Å². The summed E-state index contributed by atoms with van der Waals surface area (Å²) in [7, 11) is 0. The second-order valence-corrected chi connectivity index (χ2v) is 8.43. The zero-order chi connectivity index (χ0) is 24.9. The van der Waals surface area contributed by atoms with E-state index in [4.69, 9.17) is 16.3 Å². The molecule has 1 aromatic heterocycles. The number of fused-ring (bicyclic) bond motifs is 1. The van der Waals surface area contributed by atoms with Gasteiger partial charge in [0.1, 0.15) is 6.04 Å². The summed E-state index contributed by atoms with van der Waals surface area (Å²) in [6.07, 6.45) is 1.05. The lowest BCUT2D eigenvalue weighted by molar-refractivity contribution is -0.113. The number of allylic oxidation sites excluding steroid dienone is 1. The quantitative estimate of drug-likeness (QED) is 0.405. The highest BCUT2D eigenvalue weighted by molar-refractivity contribution is 6.30. The van der Waals surface area contributed by atoms with E-state index in [2.05, 4.69) is 20.7 Å². The van der Waals surface area contributed by atoms with Gasteiger partial charge in [-0.2, -0.15) is 10.1 Å². The van der Waals surface area contributed by atoms with Crippen molar-refractivity contribution >= 4 is 35.1 Å². The van der Waals surface area contributed by atoms with Gasteiger partial charge in [-0.15, -0.1) is 0 Å². The van der Waals surface area contributed by atoms with Gasteiger partial charge in [-0.3, -0.25) is 4.79 Å². The van der Waals surface area contributed by atoms with E-state index < -0.39 is 12.0 Å². The molecule has 0 bridgehead atoms. The van der Waals surface area contributed by atoms with Crippen LogP contribution in [0.5, 0.6) is 0 Å². The maximum Gasteiger partial charge on any atom is 0.338 e. The minimum Gasteiger partial charge on any atom is -0.462 e. The summed E-state index contributed by atoms with van der Waals surface area (Å²) in [5, 5.41) is 20.5. The van der Waals surface area contributed by atoms with Crippen molar-refractivity contribution in [1.29, 1.82) is 0 Å². The van der Waals surface area contributed by atoms with Gasteiger partial charge >= 0.3 is 5.97 Å². The summed E-state index contributed by atoms with van der Waals surface area (Å²) in [5.41, 5.74) is 2.86. The fraction of sp³-hybridized carbons (Fsp3) is 0.280. The highest BCUT2D eigenvalue weighted by Crippen LogP contribution is 2.36. The molecule has 9 nitrogen and oxygen atoms in total. The Morgan fingerprint density at radius 1 is 1.17 bits per heavy atom. The smallest absolute Gasteiger partial charge is 0.338 e. The number of halogens is 1. The number of hydrogen-bond acceptors (Lipinski definition) is 7. The van der Waals surface area contributed by atoms with Gasteiger partial charge in [0.15, 0.2) is 5.82 Å². The molecule has 0 aliphatic carbocycles. The average molecular weight is 496 g/mol. The molecule has 35 heavy (non-hydrogen) atoms. The Morgan fingerprint density at radius 2 is 1.89 bits per heavy atom. The monoisotopic (exact) mass is 495 g/mol. The summed E-state index contributed by atoms with van der Waals surface area (Å²) < 4.78 is 6.69. The normalized spacial score (nSPS) is 14.8. The minimum atomic E-state index is -0.544. The van der Waals surface area contributed by atoms with Crippen LogP contribution in [0.3, 0.4) is 0 Å². The Kier molecular flexibility index (Phi) is 7.48. The Bertz CT molecular complexity index is 1250. The largest absolute Gasteiger partial charge is 0.462 e. The summed E-state index contributed by atoms with van der Waals surface area (Å²) in [5.74, 6) is 0.353. The predicted octanol–water partition coefficient (Wildman–Crippen LogP) is 3.96. The zero-order valence-corrected chi connectivity index (χ0v) is 20.2. The van der Waals surface area contributed by atoms with Crippen LogP contribution in [0, 0.1) is 0 Å². The van der Waals surface area contributed by atoms with Crippen molar-refractivity contribution in [1.82, 2.24) is 14.8 Å². The third-order valence-corrected chi connectivity index (χ3v) is 5.79. The number of anilines is 2. The van der Waals surface area contributed by atoms with E-state index in [1.165, 1.54) is 0 Å². The number of nitrogens with one attached hydrogen (secondary N) is 2. The van der Waals surface area contributed by atoms with Gasteiger partial charge in [0.25, 0.3) is 5.91 Å². The number of carbonyl (C=O) groups excluding carboxylic acids is 2. The zero-order valence-electron chi connectivity index (χ0n) is 19.4. The number of rotatable bonds is 8. The van der Waals surface area contributed by atoms with Crippen LogP contribution in [0.1, 0.15) is 48.1 Å². The predicted molar refractivity (Wildman–Crippen MR) is 132 cm³/mol. The maximum absolute atomic E-state index is 13.5. The third-order valence-electron chi connectivity index (χ3n) is 5.54. The van der Waals surface area contributed by atoms with E-state index in [1.807, 2.05) is 19.1 Å². The lowest BCUT2D eigenvalue weighted by atomic mass is 9.95. The fourth-order valence-corrected chi connectivity index (χ4v) is 4.01. The lowest BCUT2D eigenvalue weighted by Crippen LogP contribution is -2.31. The molecule has 0 radical (unpaired) electrons. The number of nitrogens with zero attached hydrogens (tertiary/aromatic N) is 3. The molecule has 0 saturated carbocycles. The number of benzene rings is 2. The van der Waals surface area contributed by atoms with Gasteiger partial charge in [-0.25, -0.2) is 9.48 Å². The Morgan fingerprint density at radius 3 is 2.54 bits per heavy atom. The van der Waals surface area contributed by atoms with E-state index in [0.717, 1.165) is 5.56 Å². The highest BCUT2D eigenvalue weighted by Gasteiger charge is 2.34. The average Bonchev–Trinajstić information content (AvgIpc) is 3.25. The summed E-state index contributed by atoms with van der Waals surface area (Å²) >= 11 is 6.11. The summed E-state index contributed by atoms with van der Waals surface area (Å²) in [6, 6.07) is 13.2. The molecule has 1 amide bonds. The molecule has 3 N–H and O–H groups in total. The van der Waals surface area contributed by atoms with Crippen LogP contribution in [-0.2, 0) is 16.0 Å². The van der Waals surface area contributed by atoms with E-state index in [0.29, 0.717) is 52.2 Å². The van der Waals surface area contributed by atoms with Gasteiger partial charge in [0, 0.05) is 29.4 Å². The maximum atomic E-state index is 13.5. The number of aliphatic hydroxyl groups excluding tert-OH is 1. The SMILES string of the molecule is CCOC(=O)c1ccc(NC(=O)C2=C(C)Nc3nc(CCCO)nn3[C@H]2c2ccc(Cl)cc2)cc1. The first-order valence-electron chi connectivity index (χ1n) is 11.3. The van der Waals surface area contributed by atoms with Gasteiger partial charge in [-0.05, 0) is 62.2 Å². The number of aliphatic hydroxyl groups is 1. The van der Waals surface area contributed by atoms with Gasteiger partial charge < -0.3 is 20.5 Å². The molecule has 1 atom stereocenters. The first-order valence-corrected chi connectivity index (χ1v) is 11.7. The van der Waals surface area contributed by atoms with Crippen molar-refractivity contribution < 1.29 is 19.4 Å². The molecule has 3 aromatic rings. The highest BCUT2D eigenvalue weighted by atomic mass is 35.5. The van der Waals surface area contributed by atoms with Gasteiger partial charge in [0.05, 0.1) is 17.7 Å². The number of aryl methyl sites for hydroxylation is 1. The van der Waals surface area contributed by atoms with Crippen LogP contribution >= 0.6 is 11.6 Å². The number of carbonyl (C=O) groups is 2. The van der Waals surface area contributed by atoms with E-state index in [9.17, 15) is 14.7 Å². The third kappa shape index (κ3) is 5.36. The van der Waals surface area contributed by atoms with Crippen LogP contribution in [0.4, 0.5) is 11.6 Å². The molecule has 182 valence electrons. The topological polar surface area (TPSA) is 118 Å². The van der Waals surface area contributed by atoms with Crippen LogP contribution in [0.15, 0.2) is 59.8 Å². The standard InChI is InChI=1S/C25H26ClN5O4/c1-3-35-24(34)17-8-12-19(13-9-17)28-23(33)21-15(2)27-25-29-20(5-4-14-32)30-31(25)22(21)16-6-10-18(26)11-7-16/h6-13,22,32H,3-5,14H2,1-2H3,(H,28,33)(H,27,29,30)/t22-/m0/s1. The molecule has 1 aliphatic rings. The molecule has 10 heteroatoms. The van der Waals surface area contributed by atoms with Crippen molar-refractivity contribution in [2.75, 3.05) is 23.8 Å². The number of hydrogen-bond donors (Lipinski definition) is 3. The number of ether oxygens (including phenoxy) is 1. The van der Waals surface area contributed by atoms with Crippen LogP contribution in [0.25, 0.3) is 0 Å². The molecular weight excluding hydrogens is 470 g/mol. The first kappa shape index (κ1) is 24.4. The Balaban J connectivity index is 1.66. The molecule has 4 rings (SSSR count). The van der Waals surface area contributed by atoms with Gasteiger partial charge in [-0.1, -0.05) is 23.7 Å². The van der Waals surface area contributed by atoms with Crippen molar-refractivity contribution in [3.8, 4) is 0 Å². The second-order valence-electron chi connectivity index (χ2n) is 7.99. The second kappa shape index (κ2) is 10.7. The Hall–Kier alpha value is -3.69. The molecule has 2 aromatic carbocycles. The molecule has 0 saturated heterocycles. The molecular formula is C25H26ClN5O4. The number of amides is 1. The number of aromatic nitrogens is 3. The molecule has 0 unspecified atom stereocenters.